The third kappa shape index (κ3) is 1.66. The molecule has 3 rings (SSSR count). The van der Waals surface area contributed by atoms with Crippen LogP contribution in [0.2, 0.25) is 0 Å². The van der Waals surface area contributed by atoms with Gasteiger partial charge in [0.15, 0.2) is 10.8 Å². The fourth-order valence-electron chi connectivity index (χ4n) is 3.71. The summed E-state index contributed by atoms with van der Waals surface area (Å²) < 4.78 is 5.08. The van der Waals surface area contributed by atoms with Crippen LogP contribution in [0.4, 0.5) is 4.79 Å². The minimum Gasteiger partial charge on any atom is -0.497 e. The number of hydrogen-bond donors (Lipinski definition) is 0. The van der Waals surface area contributed by atoms with Gasteiger partial charge in [-0.1, -0.05) is 12.1 Å². The van der Waals surface area contributed by atoms with E-state index in [1.807, 2.05) is 12.1 Å². The first-order valence-corrected chi connectivity index (χ1v) is 7.40. The highest BCUT2D eigenvalue weighted by Gasteiger charge is 2.89. The Morgan fingerprint density at radius 3 is 1.88 bits per heavy atom. The van der Waals surface area contributed by atoms with Gasteiger partial charge in [0.05, 0.1) is 19.2 Å². The van der Waals surface area contributed by atoms with Crippen LogP contribution in [-0.4, -0.2) is 48.9 Å². The molecule has 1 saturated heterocycles. The number of benzene rings is 1. The fourth-order valence-corrected chi connectivity index (χ4v) is 3.71. The van der Waals surface area contributed by atoms with E-state index in [1.165, 1.54) is 21.2 Å². The number of methoxy groups -OCH3 is 1. The van der Waals surface area contributed by atoms with Gasteiger partial charge < -0.3 is 4.74 Å². The summed E-state index contributed by atoms with van der Waals surface area (Å²) in [6.07, 6.45) is 0. The molecule has 1 aromatic rings. The molecule has 1 saturated carbocycles. The van der Waals surface area contributed by atoms with Crippen molar-refractivity contribution in [3.05, 3.63) is 29.8 Å². The molecule has 8 heteroatoms. The zero-order valence-corrected chi connectivity index (χ0v) is 13.8. The smallest absolute Gasteiger partial charge is 0.332 e. The molecule has 1 aromatic carbocycles. The fraction of sp³-hybridized carbons (Fsp3) is 0.353. The largest absolute Gasteiger partial charge is 0.497 e. The second-order valence-corrected chi connectivity index (χ2v) is 6.06. The first-order valence-electron chi connectivity index (χ1n) is 7.40. The Hall–Kier alpha value is -3.39. The summed E-state index contributed by atoms with van der Waals surface area (Å²) in [4.78, 5) is 39.3. The van der Waals surface area contributed by atoms with E-state index >= 15 is 0 Å². The molecular weight excluding hydrogens is 324 g/mol. The molecule has 2 aliphatic rings. The Morgan fingerprint density at radius 2 is 1.48 bits per heavy atom. The molecule has 1 aliphatic carbocycles. The molecule has 126 valence electrons. The summed E-state index contributed by atoms with van der Waals surface area (Å²) in [5.74, 6) is -2.06. The zero-order chi connectivity index (χ0) is 18.6. The van der Waals surface area contributed by atoms with Crippen molar-refractivity contribution in [2.45, 2.75) is 5.92 Å². The van der Waals surface area contributed by atoms with Gasteiger partial charge in [-0.2, -0.15) is 10.5 Å². The van der Waals surface area contributed by atoms with E-state index in [9.17, 15) is 24.9 Å². The van der Waals surface area contributed by atoms with Crippen LogP contribution in [0.15, 0.2) is 24.3 Å². The third-order valence-electron chi connectivity index (χ3n) is 5.06. The summed E-state index contributed by atoms with van der Waals surface area (Å²) in [5, 5.41) is 19.3. The maximum absolute atomic E-state index is 12.8. The third-order valence-corrected chi connectivity index (χ3v) is 5.06. The van der Waals surface area contributed by atoms with Crippen molar-refractivity contribution in [3.8, 4) is 17.9 Å². The molecule has 4 amide bonds. The Bertz CT molecular complexity index is 839. The minimum atomic E-state index is -1.91. The van der Waals surface area contributed by atoms with Gasteiger partial charge in [-0.25, -0.2) is 4.79 Å². The molecule has 1 aliphatic heterocycles. The monoisotopic (exact) mass is 338 g/mol. The van der Waals surface area contributed by atoms with Crippen LogP contribution >= 0.6 is 0 Å². The van der Waals surface area contributed by atoms with E-state index in [-0.39, 0.29) is 0 Å². The van der Waals surface area contributed by atoms with Crippen LogP contribution in [-0.2, 0) is 9.59 Å². The highest BCUT2D eigenvalue weighted by atomic mass is 16.5. The Balaban J connectivity index is 2.20. The number of carbonyl (C=O) groups excluding carboxylic acids is 3. The summed E-state index contributed by atoms with van der Waals surface area (Å²) in [6.45, 7) is 0. The predicted molar refractivity (Wildman–Crippen MR) is 82.8 cm³/mol. The van der Waals surface area contributed by atoms with E-state index < -0.39 is 34.6 Å². The molecule has 1 spiro atoms. The van der Waals surface area contributed by atoms with Crippen molar-refractivity contribution < 1.29 is 19.1 Å². The Labute approximate surface area is 143 Å². The van der Waals surface area contributed by atoms with Crippen molar-refractivity contribution in [3.63, 3.8) is 0 Å². The Kier molecular flexibility index (Phi) is 3.33. The number of nitriles is 2. The molecule has 8 nitrogen and oxygen atoms in total. The van der Waals surface area contributed by atoms with Crippen LogP contribution in [0.3, 0.4) is 0 Å². The predicted octanol–water partition coefficient (Wildman–Crippen LogP) is 0.863. The van der Waals surface area contributed by atoms with E-state index in [0.717, 1.165) is 9.80 Å². The lowest BCUT2D eigenvalue weighted by Crippen LogP contribution is -2.59. The number of ether oxygens (including phenoxy) is 1. The van der Waals surface area contributed by atoms with Gasteiger partial charge in [0, 0.05) is 20.0 Å². The van der Waals surface area contributed by atoms with Crippen molar-refractivity contribution in [1.29, 1.82) is 10.5 Å². The molecule has 2 fully saturated rings. The van der Waals surface area contributed by atoms with Gasteiger partial charge in [-0.3, -0.25) is 19.4 Å². The molecule has 0 bridgehead atoms. The lowest BCUT2D eigenvalue weighted by molar-refractivity contribution is -0.151. The summed E-state index contributed by atoms with van der Waals surface area (Å²) in [6, 6.07) is 9.39. The molecule has 1 unspecified atom stereocenters. The number of amides is 4. The van der Waals surface area contributed by atoms with E-state index in [0.29, 0.717) is 11.3 Å². The maximum Gasteiger partial charge on any atom is 0.332 e. The number of hydrogen-bond acceptors (Lipinski definition) is 6. The standard InChI is InChI=1S/C17H14N4O4/c1-20-13(22)17(14(23)21(2)15(20)24)12(16(17,8-18)9-19)10-4-6-11(25-3)7-5-10/h4-7,12H,1-3H3. The second kappa shape index (κ2) is 5.05. The quantitative estimate of drug-likeness (QED) is 0.739. The summed E-state index contributed by atoms with van der Waals surface area (Å²) >= 11 is 0. The molecule has 0 radical (unpaired) electrons. The van der Waals surface area contributed by atoms with Crippen LogP contribution in [0, 0.1) is 33.5 Å². The second-order valence-electron chi connectivity index (χ2n) is 6.06. The van der Waals surface area contributed by atoms with Gasteiger partial charge in [0.2, 0.25) is 11.8 Å². The summed E-state index contributed by atoms with van der Waals surface area (Å²) in [7, 11) is 3.96. The van der Waals surface area contributed by atoms with Gasteiger partial charge in [-0.15, -0.1) is 0 Å². The van der Waals surface area contributed by atoms with Crippen molar-refractivity contribution >= 4 is 17.8 Å². The molecule has 0 N–H and O–H groups in total. The van der Waals surface area contributed by atoms with Gasteiger partial charge in [-0.05, 0) is 17.7 Å². The minimum absolute atomic E-state index is 0.488. The van der Waals surface area contributed by atoms with E-state index in [4.69, 9.17) is 4.74 Å². The number of imide groups is 2. The lowest BCUT2D eigenvalue weighted by atomic mass is 9.90. The maximum atomic E-state index is 12.8. The van der Waals surface area contributed by atoms with Crippen molar-refractivity contribution in [2.24, 2.45) is 10.8 Å². The van der Waals surface area contributed by atoms with Gasteiger partial charge in [0.25, 0.3) is 0 Å². The summed E-state index contributed by atoms with van der Waals surface area (Å²) in [5.41, 5.74) is -3.29. The van der Waals surface area contributed by atoms with Crippen molar-refractivity contribution in [1.82, 2.24) is 9.80 Å². The van der Waals surface area contributed by atoms with E-state index in [1.54, 1.807) is 24.3 Å². The first-order chi connectivity index (χ1) is 11.8. The number of rotatable bonds is 2. The van der Waals surface area contributed by atoms with Crippen LogP contribution in [0.1, 0.15) is 11.5 Å². The number of urea groups is 1. The van der Waals surface area contributed by atoms with Crippen LogP contribution < -0.4 is 4.74 Å². The molecular formula is C17H14N4O4. The lowest BCUT2D eigenvalue weighted by Gasteiger charge is -2.34. The number of nitrogens with zero attached hydrogens (tertiary/aromatic N) is 4. The first kappa shape index (κ1) is 16.5. The molecule has 1 heterocycles. The van der Waals surface area contributed by atoms with Crippen LogP contribution in [0.25, 0.3) is 0 Å². The van der Waals surface area contributed by atoms with E-state index in [2.05, 4.69) is 0 Å². The SMILES string of the molecule is COc1ccc(C2C(C#N)(C#N)C23C(=O)N(C)C(=O)N(C)C3=O)cc1. The number of barbiturate groups is 1. The zero-order valence-electron chi connectivity index (χ0n) is 13.8. The van der Waals surface area contributed by atoms with Gasteiger partial charge >= 0.3 is 6.03 Å². The van der Waals surface area contributed by atoms with Crippen molar-refractivity contribution in [2.75, 3.05) is 21.2 Å². The molecule has 1 atom stereocenters. The highest BCUT2D eigenvalue weighted by molar-refractivity contribution is 6.23. The average Bonchev–Trinajstić information content (AvgIpc) is 3.28. The highest BCUT2D eigenvalue weighted by Crippen LogP contribution is 2.75. The molecule has 0 aromatic heterocycles. The van der Waals surface area contributed by atoms with Crippen LogP contribution in [0.5, 0.6) is 5.75 Å². The average molecular weight is 338 g/mol. The normalized spacial score (nSPS) is 23.2. The van der Waals surface area contributed by atoms with Gasteiger partial charge in [0.1, 0.15) is 5.75 Å². The molecule has 25 heavy (non-hydrogen) atoms. The number of carbonyl (C=O) groups is 3. The Morgan fingerprint density at radius 1 is 1.00 bits per heavy atom. The topological polar surface area (TPSA) is 114 Å².